The van der Waals surface area contributed by atoms with Gasteiger partial charge in [-0.1, -0.05) is 84.9 Å². The third-order valence-electron chi connectivity index (χ3n) is 7.11. The van der Waals surface area contributed by atoms with Crippen molar-refractivity contribution in [3.05, 3.63) is 172 Å². The van der Waals surface area contributed by atoms with Gasteiger partial charge in [0.1, 0.15) is 11.5 Å². The second-order valence-electron chi connectivity index (χ2n) is 9.52. The van der Waals surface area contributed by atoms with Crippen molar-refractivity contribution in [1.82, 2.24) is 0 Å². The van der Waals surface area contributed by atoms with E-state index >= 15 is 0 Å². The van der Waals surface area contributed by atoms with E-state index in [2.05, 4.69) is 0 Å². The van der Waals surface area contributed by atoms with Crippen LogP contribution in [0.25, 0.3) is 0 Å². The Bertz CT molecular complexity index is 1410. The summed E-state index contributed by atoms with van der Waals surface area (Å²) in [6, 6.07) is 34.3. The van der Waals surface area contributed by atoms with E-state index in [9.17, 15) is 9.13 Å². The molecule has 0 spiro atoms. The molecule has 216 valence electrons. The fraction of sp³-hybridized carbons (Fsp3) is 0.0556. The van der Waals surface area contributed by atoms with Gasteiger partial charge >= 0.3 is 17.1 Å². The minimum Gasteiger partial charge on any atom is -0.496 e. The molecule has 6 rings (SSSR count). The van der Waals surface area contributed by atoms with Crippen LogP contribution in [-0.4, -0.2) is 14.2 Å². The molecule has 4 aromatic carbocycles. The van der Waals surface area contributed by atoms with Crippen molar-refractivity contribution in [2.45, 2.75) is 0 Å². The molecule has 0 bridgehead atoms. The number of hydrogen-bond donors (Lipinski definition) is 0. The molecule has 2 fully saturated rings. The van der Waals surface area contributed by atoms with Gasteiger partial charge in [0.25, 0.3) is 0 Å². The van der Waals surface area contributed by atoms with Crippen molar-refractivity contribution in [2.75, 3.05) is 14.2 Å². The van der Waals surface area contributed by atoms with Crippen molar-refractivity contribution in [3.63, 3.8) is 0 Å². The maximum atomic E-state index is 14.0. The molecule has 0 heterocycles. The summed E-state index contributed by atoms with van der Waals surface area (Å²) in [5, 5.41) is 3.12. The monoisotopic (exact) mass is 646 g/mol. The third-order valence-corrected chi connectivity index (χ3v) is 13.3. The van der Waals surface area contributed by atoms with Crippen LogP contribution >= 0.6 is 14.3 Å². The van der Waals surface area contributed by atoms with Crippen LogP contribution in [-0.2, 0) is 26.2 Å². The Hall–Kier alpha value is -2.54. The maximum Gasteiger partial charge on any atom is 2.00 e. The van der Waals surface area contributed by atoms with Gasteiger partial charge in [-0.25, -0.2) is 0 Å². The summed E-state index contributed by atoms with van der Waals surface area (Å²) >= 11 is 0. The summed E-state index contributed by atoms with van der Waals surface area (Å²) in [7, 11) is -2.60. The quantitative estimate of drug-likeness (QED) is 0.157. The topological polar surface area (TPSA) is 52.6 Å². The molecular formula is C36H32FeO4P2+2. The van der Waals surface area contributed by atoms with Crippen molar-refractivity contribution >= 4 is 35.5 Å². The van der Waals surface area contributed by atoms with Crippen LogP contribution in [0.2, 0.25) is 0 Å². The Labute approximate surface area is 267 Å². The molecule has 4 nitrogen and oxygen atoms in total. The van der Waals surface area contributed by atoms with Gasteiger partial charge in [-0.15, -0.1) is 0 Å². The summed E-state index contributed by atoms with van der Waals surface area (Å²) in [6.07, 6.45) is 15.3. The van der Waals surface area contributed by atoms with Crippen LogP contribution in [0.5, 0.6) is 11.5 Å². The molecule has 0 N–H and O–H groups in total. The van der Waals surface area contributed by atoms with Crippen molar-refractivity contribution in [3.8, 4) is 11.5 Å². The zero-order valence-electron chi connectivity index (χ0n) is 23.9. The molecule has 2 saturated carbocycles. The van der Waals surface area contributed by atoms with E-state index in [1.807, 2.05) is 161 Å². The summed E-state index contributed by atoms with van der Waals surface area (Å²) < 4.78 is 38.8. The Morgan fingerprint density at radius 3 is 1.07 bits per heavy atom. The molecule has 0 aromatic heterocycles. The first-order valence-corrected chi connectivity index (χ1v) is 17.0. The summed E-state index contributed by atoms with van der Waals surface area (Å²) in [5.41, 5.74) is 1.66. The molecule has 0 amide bonds. The molecule has 10 radical (unpaired) electrons. The van der Waals surface area contributed by atoms with E-state index in [1.165, 1.54) is 0 Å². The largest absolute Gasteiger partial charge is 2.00 e. The predicted molar refractivity (Wildman–Crippen MR) is 174 cm³/mol. The molecule has 0 saturated heterocycles. The number of benzene rings is 4. The number of ether oxygens (including phenoxy) is 2. The van der Waals surface area contributed by atoms with E-state index in [0.29, 0.717) is 11.5 Å². The fourth-order valence-electron chi connectivity index (χ4n) is 5.06. The zero-order chi connectivity index (χ0) is 29.4. The predicted octanol–water partition coefficient (Wildman–Crippen LogP) is 6.74. The second kappa shape index (κ2) is 15.5. The first-order chi connectivity index (χ1) is 20.5. The van der Waals surface area contributed by atoms with Crippen LogP contribution in [0.4, 0.5) is 0 Å². The first-order valence-electron chi connectivity index (χ1n) is 13.6. The SMILES string of the molecule is COc1ccccc1[P@](=O)([C]1[CH][CH][CH][CH]1)c1ccccc1.COc1ccccc1[P@](=O)([C]1[CH][CH][CH][CH]1)c1ccccc1.[Fe+2]. The van der Waals surface area contributed by atoms with Crippen LogP contribution in [0.1, 0.15) is 0 Å². The minimum absolute atomic E-state index is 0. The van der Waals surface area contributed by atoms with E-state index in [1.54, 1.807) is 14.2 Å². The standard InChI is InChI=1S/2C18H16O2P.Fe/c2*1-20-17-13-7-8-14-18(17)21(19,16-11-5-6-12-16)15-9-3-2-4-10-15;/h2*2-14H,1H3;/q;;+2/t2*21-;/m11./s1. The molecular weight excluding hydrogens is 614 g/mol. The van der Waals surface area contributed by atoms with Gasteiger partial charge in [-0.3, -0.25) is 0 Å². The number of para-hydroxylation sites is 2. The zero-order valence-corrected chi connectivity index (χ0v) is 26.8. The van der Waals surface area contributed by atoms with Crippen LogP contribution in [0, 0.1) is 62.7 Å². The average molecular weight is 646 g/mol. The van der Waals surface area contributed by atoms with Crippen molar-refractivity contribution in [1.29, 1.82) is 0 Å². The average Bonchev–Trinajstić information content (AvgIpc) is 3.81. The fourth-order valence-corrected chi connectivity index (χ4v) is 10.7. The van der Waals surface area contributed by atoms with Crippen molar-refractivity contribution < 1.29 is 35.7 Å². The summed E-state index contributed by atoms with van der Waals surface area (Å²) in [6.45, 7) is 0. The first kappa shape index (κ1) is 33.4. The Kier molecular flexibility index (Phi) is 12.0. The van der Waals surface area contributed by atoms with Gasteiger partial charge < -0.3 is 18.6 Å². The molecule has 2 aliphatic carbocycles. The second-order valence-corrected chi connectivity index (χ2v) is 15.0. The Morgan fingerprint density at radius 1 is 0.442 bits per heavy atom. The molecule has 7 heteroatoms. The normalized spacial score (nSPS) is 17.9. The van der Waals surface area contributed by atoms with Crippen LogP contribution < -0.4 is 30.7 Å². The van der Waals surface area contributed by atoms with Gasteiger partial charge in [0.05, 0.1) is 36.1 Å². The third kappa shape index (κ3) is 6.92. The summed E-state index contributed by atoms with van der Waals surface area (Å²) in [4.78, 5) is 0. The number of hydrogen-bond acceptors (Lipinski definition) is 4. The van der Waals surface area contributed by atoms with Gasteiger partial charge in [-0.2, -0.15) is 0 Å². The van der Waals surface area contributed by atoms with Gasteiger partial charge in [0, 0.05) is 10.6 Å². The van der Waals surface area contributed by atoms with E-state index in [0.717, 1.165) is 32.5 Å². The molecule has 43 heavy (non-hydrogen) atoms. The van der Waals surface area contributed by atoms with Crippen molar-refractivity contribution in [2.24, 2.45) is 0 Å². The van der Waals surface area contributed by atoms with E-state index < -0.39 is 14.3 Å². The van der Waals surface area contributed by atoms with Crippen LogP contribution in [0.15, 0.2) is 109 Å². The smallest absolute Gasteiger partial charge is 0.496 e. The van der Waals surface area contributed by atoms with Gasteiger partial charge in [-0.05, 0) is 75.6 Å². The van der Waals surface area contributed by atoms with E-state index in [4.69, 9.17) is 9.47 Å². The molecule has 0 unspecified atom stereocenters. The molecule has 2 atom stereocenters. The minimum atomic E-state index is -2.91. The van der Waals surface area contributed by atoms with E-state index in [-0.39, 0.29) is 17.1 Å². The Morgan fingerprint density at radius 2 is 0.744 bits per heavy atom. The van der Waals surface area contributed by atoms with Gasteiger partial charge in [0.2, 0.25) is 0 Å². The Balaban J connectivity index is 0.000000192. The van der Waals surface area contributed by atoms with Crippen LogP contribution in [0.3, 0.4) is 0 Å². The van der Waals surface area contributed by atoms with Gasteiger partial charge in [0.15, 0.2) is 14.3 Å². The molecule has 0 aliphatic heterocycles. The summed E-state index contributed by atoms with van der Waals surface area (Å²) in [5.74, 6) is 1.32. The number of rotatable bonds is 8. The molecule has 4 aromatic rings. The maximum absolute atomic E-state index is 14.0. The molecule has 2 aliphatic rings. The number of methoxy groups -OCH3 is 2.